The van der Waals surface area contributed by atoms with Crippen LogP contribution in [0, 0.1) is 17.8 Å². The van der Waals surface area contributed by atoms with Gasteiger partial charge in [-0.1, -0.05) is 30.3 Å². The zero-order valence-corrected chi connectivity index (χ0v) is 13.4. The van der Waals surface area contributed by atoms with E-state index in [1.807, 2.05) is 48.5 Å². The van der Waals surface area contributed by atoms with Gasteiger partial charge >= 0.3 is 0 Å². The summed E-state index contributed by atoms with van der Waals surface area (Å²) in [6.45, 7) is -0.0167. The molecule has 4 nitrogen and oxygen atoms in total. The van der Waals surface area contributed by atoms with Crippen molar-refractivity contribution < 1.29 is 9.84 Å². The fraction of sp³-hybridized carbons (Fsp3) is 0.150. The summed E-state index contributed by atoms with van der Waals surface area (Å²) < 4.78 is 5.50. The lowest BCUT2D eigenvalue weighted by Gasteiger charge is -2.12. The van der Waals surface area contributed by atoms with E-state index in [1.54, 1.807) is 13.5 Å². The molecule has 3 aromatic rings. The molecular formula is C20H17N2O2. The summed E-state index contributed by atoms with van der Waals surface area (Å²) in [6, 6.07) is 17.6. The second-order valence-corrected chi connectivity index (χ2v) is 5.35. The first-order chi connectivity index (χ1) is 11.8. The number of fused-ring (bicyclic) bond motifs is 1. The molecule has 1 N–H and O–H groups in total. The number of hydrogen-bond acceptors (Lipinski definition) is 4. The van der Waals surface area contributed by atoms with Gasteiger partial charge in [-0.05, 0) is 30.5 Å². The molecule has 0 amide bonds. The van der Waals surface area contributed by atoms with E-state index in [0.717, 1.165) is 27.8 Å². The minimum atomic E-state index is -0.0167. The Balaban J connectivity index is 2.19. The molecule has 0 aliphatic carbocycles. The molecule has 3 rings (SSSR count). The maximum absolute atomic E-state index is 9.61. The van der Waals surface area contributed by atoms with Crippen LogP contribution < -0.4 is 4.74 Å². The van der Waals surface area contributed by atoms with E-state index in [1.165, 1.54) is 0 Å². The molecule has 0 bridgehead atoms. The molecule has 1 radical (unpaired) electrons. The predicted molar refractivity (Wildman–Crippen MR) is 93.5 cm³/mol. The van der Waals surface area contributed by atoms with Crippen molar-refractivity contribution >= 4 is 10.9 Å². The maximum Gasteiger partial charge on any atom is 0.130 e. The number of rotatable bonds is 5. The number of pyridine rings is 1. The minimum Gasteiger partial charge on any atom is -0.496 e. The van der Waals surface area contributed by atoms with Crippen LogP contribution in [0.15, 0.2) is 48.5 Å². The maximum atomic E-state index is 9.61. The first kappa shape index (κ1) is 16.0. The Kier molecular flexibility index (Phi) is 4.74. The summed E-state index contributed by atoms with van der Waals surface area (Å²) in [5.41, 5.74) is 3.74. The van der Waals surface area contributed by atoms with E-state index in [4.69, 9.17) is 14.8 Å². The first-order valence-corrected chi connectivity index (χ1v) is 7.67. The lowest BCUT2D eigenvalue weighted by Crippen LogP contribution is -1.98. The highest BCUT2D eigenvalue weighted by Gasteiger charge is 2.13. The molecule has 0 saturated heterocycles. The zero-order valence-electron chi connectivity index (χ0n) is 13.4. The van der Waals surface area contributed by atoms with Gasteiger partial charge in [0.05, 0.1) is 23.9 Å². The van der Waals surface area contributed by atoms with Crippen molar-refractivity contribution in [2.75, 3.05) is 13.7 Å². The predicted octanol–water partition coefficient (Wildman–Crippen LogP) is 3.52. The molecular weight excluding hydrogens is 300 g/mol. The first-order valence-electron chi connectivity index (χ1n) is 7.67. The van der Waals surface area contributed by atoms with Crippen LogP contribution in [-0.2, 0) is 6.42 Å². The second-order valence-electron chi connectivity index (χ2n) is 5.35. The number of aliphatic hydroxyl groups is 1. The number of hydrogen-bond donors (Lipinski definition) is 1. The molecule has 0 spiro atoms. The number of methoxy groups -OCH3 is 1. The summed E-state index contributed by atoms with van der Waals surface area (Å²) in [4.78, 5) is 4.69. The van der Waals surface area contributed by atoms with Gasteiger partial charge in [0, 0.05) is 23.6 Å². The molecule has 1 heterocycles. The highest BCUT2D eigenvalue weighted by molar-refractivity contribution is 5.88. The van der Waals surface area contributed by atoms with E-state index in [0.29, 0.717) is 17.7 Å². The lowest BCUT2D eigenvalue weighted by atomic mass is 9.96. The molecule has 24 heavy (non-hydrogen) atoms. The highest BCUT2D eigenvalue weighted by Crippen LogP contribution is 2.32. The third-order valence-electron chi connectivity index (χ3n) is 3.93. The average Bonchev–Trinajstić information content (AvgIpc) is 2.64. The molecule has 0 atom stereocenters. The smallest absolute Gasteiger partial charge is 0.130 e. The van der Waals surface area contributed by atoms with Crippen molar-refractivity contribution in [1.29, 1.82) is 5.26 Å². The monoisotopic (exact) mass is 317 g/mol. The van der Waals surface area contributed by atoms with Crippen LogP contribution in [0.2, 0.25) is 0 Å². The average molecular weight is 317 g/mol. The van der Waals surface area contributed by atoms with Gasteiger partial charge in [0.1, 0.15) is 11.8 Å². The SMILES string of the molecule is COc1cc(-c2cccc(C[CH]CO)c2C#N)nc2ccccc12. The van der Waals surface area contributed by atoms with Gasteiger partial charge in [0.2, 0.25) is 0 Å². The quantitative estimate of drug-likeness (QED) is 0.782. The van der Waals surface area contributed by atoms with Crippen molar-refractivity contribution in [2.45, 2.75) is 6.42 Å². The molecule has 4 heteroatoms. The summed E-state index contributed by atoms with van der Waals surface area (Å²) in [5.74, 6) is 0.729. The Bertz CT molecular complexity index is 913. The number of para-hydroxylation sites is 1. The van der Waals surface area contributed by atoms with Crippen LogP contribution in [0.3, 0.4) is 0 Å². The Labute approximate surface area is 141 Å². The van der Waals surface area contributed by atoms with Crippen molar-refractivity contribution in [3.05, 3.63) is 66.1 Å². The summed E-state index contributed by atoms with van der Waals surface area (Å²) in [7, 11) is 1.63. The van der Waals surface area contributed by atoms with Gasteiger partial charge in [-0.3, -0.25) is 0 Å². The Morgan fingerprint density at radius 3 is 2.79 bits per heavy atom. The van der Waals surface area contributed by atoms with Gasteiger partial charge in [0.25, 0.3) is 0 Å². The van der Waals surface area contributed by atoms with Crippen LogP contribution >= 0.6 is 0 Å². The van der Waals surface area contributed by atoms with Gasteiger partial charge in [-0.15, -0.1) is 0 Å². The van der Waals surface area contributed by atoms with Gasteiger partial charge in [0.15, 0.2) is 0 Å². The Morgan fingerprint density at radius 2 is 2.04 bits per heavy atom. The number of nitriles is 1. The van der Waals surface area contributed by atoms with Crippen molar-refractivity contribution in [1.82, 2.24) is 4.98 Å². The number of aliphatic hydroxyl groups excluding tert-OH is 1. The van der Waals surface area contributed by atoms with Gasteiger partial charge in [-0.2, -0.15) is 5.26 Å². The number of ether oxygens (including phenoxy) is 1. The van der Waals surface area contributed by atoms with E-state index >= 15 is 0 Å². The van der Waals surface area contributed by atoms with E-state index < -0.39 is 0 Å². The van der Waals surface area contributed by atoms with Crippen LogP contribution in [0.1, 0.15) is 11.1 Å². The second kappa shape index (κ2) is 7.12. The van der Waals surface area contributed by atoms with Crippen LogP contribution in [0.25, 0.3) is 22.2 Å². The van der Waals surface area contributed by atoms with Gasteiger partial charge in [-0.25, -0.2) is 4.98 Å². The third kappa shape index (κ3) is 2.94. The van der Waals surface area contributed by atoms with E-state index in [-0.39, 0.29) is 6.61 Å². The van der Waals surface area contributed by atoms with Crippen LogP contribution in [0.5, 0.6) is 5.75 Å². The third-order valence-corrected chi connectivity index (χ3v) is 3.93. The molecule has 0 fully saturated rings. The number of nitrogens with zero attached hydrogens (tertiary/aromatic N) is 2. The van der Waals surface area contributed by atoms with Crippen LogP contribution in [0.4, 0.5) is 0 Å². The molecule has 0 aliphatic heterocycles. The fourth-order valence-corrected chi connectivity index (χ4v) is 2.79. The minimum absolute atomic E-state index is 0.0167. The molecule has 0 aliphatic rings. The van der Waals surface area contributed by atoms with Crippen LogP contribution in [-0.4, -0.2) is 23.8 Å². The van der Waals surface area contributed by atoms with Gasteiger partial charge < -0.3 is 9.84 Å². The van der Waals surface area contributed by atoms with E-state index in [9.17, 15) is 5.26 Å². The molecule has 0 unspecified atom stereocenters. The Hall–Kier alpha value is -2.90. The summed E-state index contributed by atoms with van der Waals surface area (Å²) >= 11 is 0. The lowest BCUT2D eigenvalue weighted by molar-refractivity contribution is 0.325. The zero-order chi connectivity index (χ0) is 16.9. The number of aromatic nitrogens is 1. The van der Waals surface area contributed by atoms with E-state index in [2.05, 4.69) is 6.07 Å². The van der Waals surface area contributed by atoms with Crippen molar-refractivity contribution in [2.24, 2.45) is 0 Å². The number of benzene rings is 2. The normalized spacial score (nSPS) is 10.5. The summed E-state index contributed by atoms with van der Waals surface area (Å²) in [5, 5.41) is 19.5. The Morgan fingerprint density at radius 1 is 1.21 bits per heavy atom. The van der Waals surface area contributed by atoms with Crippen molar-refractivity contribution in [3.8, 4) is 23.1 Å². The standard InChI is InChI=1S/C20H17N2O2/c1-24-20-12-19(22-18-10-3-2-8-16(18)20)15-9-4-6-14(7-5-11-23)17(15)13-21/h2-6,8-10,12,23H,7,11H2,1H3. The highest BCUT2D eigenvalue weighted by atomic mass is 16.5. The molecule has 1 aromatic heterocycles. The summed E-state index contributed by atoms with van der Waals surface area (Å²) in [6.07, 6.45) is 2.27. The molecule has 2 aromatic carbocycles. The molecule has 0 saturated carbocycles. The van der Waals surface area contributed by atoms with Crippen molar-refractivity contribution in [3.63, 3.8) is 0 Å². The largest absolute Gasteiger partial charge is 0.496 e. The fourth-order valence-electron chi connectivity index (χ4n) is 2.79. The topological polar surface area (TPSA) is 66.1 Å². The molecule has 119 valence electrons.